The molecule has 0 amide bonds. The highest BCUT2D eigenvalue weighted by molar-refractivity contribution is 5.92. The van der Waals surface area contributed by atoms with E-state index in [1.165, 1.54) is 5.69 Å². The summed E-state index contributed by atoms with van der Waals surface area (Å²) < 4.78 is 1.87. The Morgan fingerprint density at radius 3 is 2.58 bits per heavy atom. The number of anilines is 1. The Kier molecular flexibility index (Phi) is 4.21. The van der Waals surface area contributed by atoms with E-state index in [4.69, 9.17) is 4.98 Å². The third-order valence-corrected chi connectivity index (χ3v) is 6.12. The third kappa shape index (κ3) is 3.14. The number of likely N-dealkylation sites (N-methyl/N-ethyl adjacent to an activating group) is 1. The number of pyridine rings is 2. The summed E-state index contributed by atoms with van der Waals surface area (Å²) in [6, 6.07) is 18.8. The van der Waals surface area contributed by atoms with Crippen molar-refractivity contribution in [3.63, 3.8) is 0 Å². The van der Waals surface area contributed by atoms with E-state index in [9.17, 15) is 0 Å². The summed E-state index contributed by atoms with van der Waals surface area (Å²) in [4.78, 5) is 9.77. The summed E-state index contributed by atoms with van der Waals surface area (Å²) in [5.41, 5.74) is 7.95. The average molecular weight is 409 g/mol. The number of fused-ring (bicyclic) bond motifs is 2. The molecule has 1 aliphatic rings. The topological polar surface area (TPSA) is 65.3 Å². The molecule has 1 aliphatic heterocycles. The lowest BCUT2D eigenvalue weighted by atomic mass is 10.1. The predicted molar refractivity (Wildman–Crippen MR) is 123 cm³/mol. The van der Waals surface area contributed by atoms with E-state index < -0.39 is 0 Å². The van der Waals surface area contributed by atoms with Gasteiger partial charge >= 0.3 is 0 Å². The Labute approximate surface area is 179 Å². The molecule has 5 heterocycles. The van der Waals surface area contributed by atoms with Gasteiger partial charge in [-0.1, -0.05) is 18.2 Å². The van der Waals surface area contributed by atoms with Gasteiger partial charge in [-0.2, -0.15) is 10.2 Å². The van der Waals surface area contributed by atoms with Crippen LogP contribution in [0.5, 0.6) is 0 Å². The normalized spacial score (nSPS) is 15.2. The van der Waals surface area contributed by atoms with E-state index >= 15 is 0 Å². The maximum absolute atomic E-state index is 4.96. The molecule has 31 heavy (non-hydrogen) atoms. The van der Waals surface area contributed by atoms with Crippen molar-refractivity contribution in [2.45, 2.75) is 0 Å². The number of piperazine rings is 1. The van der Waals surface area contributed by atoms with Crippen LogP contribution in [0.1, 0.15) is 0 Å². The first-order chi connectivity index (χ1) is 15.3. The molecule has 0 unspecified atom stereocenters. The monoisotopic (exact) mass is 409 g/mol. The zero-order valence-corrected chi connectivity index (χ0v) is 17.4. The van der Waals surface area contributed by atoms with E-state index in [1.807, 2.05) is 41.2 Å². The van der Waals surface area contributed by atoms with E-state index in [-0.39, 0.29) is 0 Å². The molecule has 5 aromatic rings. The number of H-pyrrole nitrogens is 1. The van der Waals surface area contributed by atoms with Gasteiger partial charge in [-0.25, -0.2) is 9.50 Å². The lowest BCUT2D eigenvalue weighted by Crippen LogP contribution is -2.44. The molecular weight excluding hydrogens is 386 g/mol. The zero-order valence-electron chi connectivity index (χ0n) is 17.4. The van der Waals surface area contributed by atoms with Gasteiger partial charge in [-0.3, -0.25) is 5.10 Å². The highest BCUT2D eigenvalue weighted by atomic mass is 15.2. The van der Waals surface area contributed by atoms with Gasteiger partial charge in [0.1, 0.15) is 11.2 Å². The molecule has 154 valence electrons. The van der Waals surface area contributed by atoms with Crippen molar-refractivity contribution >= 4 is 22.2 Å². The highest BCUT2D eigenvalue weighted by Crippen LogP contribution is 2.30. The van der Waals surface area contributed by atoms with Gasteiger partial charge in [0.25, 0.3) is 0 Å². The van der Waals surface area contributed by atoms with Gasteiger partial charge in [-0.05, 0) is 43.4 Å². The summed E-state index contributed by atoms with van der Waals surface area (Å²) in [5, 5.41) is 12.2. The molecule has 0 aliphatic carbocycles. The van der Waals surface area contributed by atoms with E-state index in [2.05, 4.69) is 62.5 Å². The van der Waals surface area contributed by atoms with Crippen molar-refractivity contribution in [2.75, 3.05) is 38.1 Å². The Morgan fingerprint density at radius 1 is 0.903 bits per heavy atom. The number of nitrogens with one attached hydrogen (secondary N) is 1. The Hall–Kier alpha value is -3.71. The van der Waals surface area contributed by atoms with Crippen LogP contribution >= 0.6 is 0 Å². The van der Waals surface area contributed by atoms with Gasteiger partial charge in [0.2, 0.25) is 0 Å². The van der Waals surface area contributed by atoms with Crippen molar-refractivity contribution in [1.82, 2.24) is 29.7 Å². The first-order valence-electron chi connectivity index (χ1n) is 10.6. The summed E-state index contributed by atoms with van der Waals surface area (Å²) in [5.74, 6) is 0. The molecule has 0 saturated carbocycles. The minimum absolute atomic E-state index is 0.873. The van der Waals surface area contributed by atoms with Crippen LogP contribution in [0.4, 0.5) is 5.69 Å². The zero-order chi connectivity index (χ0) is 20.8. The standard InChI is InChI=1S/C24H23N7/c1-29-12-14-30(15-13-29)18-7-5-17(6-8-18)23-24-21(27-28-23)10-9-20(26-24)19-16-25-31-11-3-2-4-22(19)31/h2-11,16H,12-15H2,1H3,(H,27,28). The second kappa shape index (κ2) is 7.21. The fourth-order valence-corrected chi connectivity index (χ4v) is 4.28. The Balaban J connectivity index is 1.36. The van der Waals surface area contributed by atoms with Crippen LogP contribution in [0.15, 0.2) is 67.0 Å². The fraction of sp³-hybridized carbons (Fsp3) is 0.208. The van der Waals surface area contributed by atoms with Crippen molar-refractivity contribution in [2.24, 2.45) is 0 Å². The smallest absolute Gasteiger partial charge is 0.118 e. The first kappa shape index (κ1) is 18.1. The minimum atomic E-state index is 0.873. The largest absolute Gasteiger partial charge is 0.369 e. The van der Waals surface area contributed by atoms with Crippen LogP contribution < -0.4 is 4.90 Å². The SMILES string of the molecule is CN1CCN(c2ccc(-c3n[nH]c4ccc(-c5cnn6ccccc56)nc34)cc2)CC1. The predicted octanol–water partition coefficient (Wildman–Crippen LogP) is 3.69. The van der Waals surface area contributed by atoms with Crippen molar-refractivity contribution in [3.05, 3.63) is 67.0 Å². The van der Waals surface area contributed by atoms with Gasteiger partial charge in [0.05, 0.1) is 22.9 Å². The van der Waals surface area contributed by atoms with E-state index in [1.54, 1.807) is 0 Å². The quantitative estimate of drug-likeness (QED) is 0.492. The number of nitrogens with zero attached hydrogens (tertiary/aromatic N) is 6. The molecule has 0 atom stereocenters. The van der Waals surface area contributed by atoms with Crippen LogP contribution in [0, 0.1) is 0 Å². The molecule has 7 heteroatoms. The molecular formula is C24H23N7. The van der Waals surface area contributed by atoms with Gasteiger partial charge < -0.3 is 9.80 Å². The summed E-state index contributed by atoms with van der Waals surface area (Å²) >= 11 is 0. The molecule has 6 rings (SSSR count). The molecule has 1 fully saturated rings. The third-order valence-electron chi connectivity index (χ3n) is 6.12. The summed E-state index contributed by atoms with van der Waals surface area (Å²) in [6.45, 7) is 4.32. The van der Waals surface area contributed by atoms with E-state index in [0.717, 1.165) is 65.2 Å². The molecule has 1 aromatic carbocycles. The van der Waals surface area contributed by atoms with E-state index in [0.29, 0.717) is 0 Å². The summed E-state index contributed by atoms with van der Waals surface area (Å²) in [6.07, 6.45) is 3.82. The number of hydrogen-bond acceptors (Lipinski definition) is 5. The maximum Gasteiger partial charge on any atom is 0.118 e. The van der Waals surface area contributed by atoms with Crippen LogP contribution in [-0.4, -0.2) is 62.9 Å². The summed E-state index contributed by atoms with van der Waals surface area (Å²) in [7, 11) is 2.18. The number of hydrogen-bond donors (Lipinski definition) is 1. The van der Waals surface area contributed by atoms with Crippen molar-refractivity contribution in [1.29, 1.82) is 0 Å². The van der Waals surface area contributed by atoms with Crippen molar-refractivity contribution in [3.8, 4) is 22.5 Å². The minimum Gasteiger partial charge on any atom is -0.369 e. The Bertz CT molecular complexity index is 1360. The average Bonchev–Trinajstić information content (AvgIpc) is 3.44. The number of aromatic amines is 1. The molecule has 1 saturated heterocycles. The van der Waals surface area contributed by atoms with Crippen LogP contribution in [0.2, 0.25) is 0 Å². The molecule has 0 radical (unpaired) electrons. The van der Waals surface area contributed by atoms with Crippen LogP contribution in [0.25, 0.3) is 39.1 Å². The molecule has 1 N–H and O–H groups in total. The van der Waals surface area contributed by atoms with Crippen molar-refractivity contribution < 1.29 is 0 Å². The fourth-order valence-electron chi connectivity index (χ4n) is 4.28. The first-order valence-corrected chi connectivity index (χ1v) is 10.6. The van der Waals surface area contributed by atoms with Gasteiger partial charge in [0, 0.05) is 49.2 Å². The van der Waals surface area contributed by atoms with Gasteiger partial charge in [0.15, 0.2) is 0 Å². The maximum atomic E-state index is 4.96. The second-order valence-electron chi connectivity index (χ2n) is 8.09. The number of benzene rings is 1. The number of aromatic nitrogens is 5. The number of rotatable bonds is 3. The highest BCUT2D eigenvalue weighted by Gasteiger charge is 2.16. The van der Waals surface area contributed by atoms with Crippen LogP contribution in [0.3, 0.4) is 0 Å². The molecule has 4 aromatic heterocycles. The Morgan fingerprint density at radius 2 is 1.74 bits per heavy atom. The lowest BCUT2D eigenvalue weighted by molar-refractivity contribution is 0.313. The molecule has 7 nitrogen and oxygen atoms in total. The van der Waals surface area contributed by atoms with Gasteiger partial charge in [-0.15, -0.1) is 0 Å². The molecule has 0 spiro atoms. The lowest BCUT2D eigenvalue weighted by Gasteiger charge is -2.34. The second-order valence-corrected chi connectivity index (χ2v) is 8.09. The molecule has 0 bridgehead atoms. The van der Waals surface area contributed by atoms with Crippen LogP contribution in [-0.2, 0) is 0 Å².